The first-order valence-corrected chi connectivity index (χ1v) is 6.29. The maximum absolute atomic E-state index is 13.7. The van der Waals surface area contributed by atoms with Crippen LogP contribution in [0.5, 0.6) is 0 Å². The fourth-order valence-electron chi connectivity index (χ4n) is 1.96. The van der Waals surface area contributed by atoms with Gasteiger partial charge >= 0.3 is 0 Å². The van der Waals surface area contributed by atoms with E-state index in [0.717, 1.165) is 29.5 Å². The third-order valence-electron chi connectivity index (χ3n) is 2.77. The molecule has 0 fully saturated rings. The van der Waals surface area contributed by atoms with Crippen LogP contribution in [-0.2, 0) is 0 Å². The van der Waals surface area contributed by atoms with Gasteiger partial charge in [-0.2, -0.15) is 0 Å². The predicted octanol–water partition coefficient (Wildman–Crippen LogP) is 3.35. The van der Waals surface area contributed by atoms with Gasteiger partial charge in [0.2, 0.25) is 0 Å². The van der Waals surface area contributed by atoms with Crippen molar-refractivity contribution in [2.24, 2.45) is 5.73 Å². The van der Waals surface area contributed by atoms with Crippen molar-refractivity contribution in [1.82, 2.24) is 4.98 Å². The standard InChI is InChI=1S/C14H13F2N3S/c1-7-5-8(2)18-14(12(7)13(17)20)19-11-6-9(15)3-4-10(11)16/h3-6H,1-2H3,(H2,17,20)(H,18,19). The number of hydrogen-bond acceptors (Lipinski definition) is 3. The zero-order valence-corrected chi connectivity index (χ0v) is 11.8. The first-order valence-electron chi connectivity index (χ1n) is 5.88. The van der Waals surface area contributed by atoms with Crippen molar-refractivity contribution in [3.63, 3.8) is 0 Å². The highest BCUT2D eigenvalue weighted by atomic mass is 32.1. The second kappa shape index (κ2) is 5.50. The van der Waals surface area contributed by atoms with Crippen molar-refractivity contribution in [3.8, 4) is 0 Å². The lowest BCUT2D eigenvalue weighted by Crippen LogP contribution is -2.15. The number of nitrogens with zero attached hydrogens (tertiary/aromatic N) is 1. The number of pyridine rings is 1. The van der Waals surface area contributed by atoms with E-state index in [0.29, 0.717) is 11.4 Å². The summed E-state index contributed by atoms with van der Waals surface area (Å²) >= 11 is 4.99. The summed E-state index contributed by atoms with van der Waals surface area (Å²) in [5.41, 5.74) is 7.73. The van der Waals surface area contributed by atoms with Gasteiger partial charge in [-0.05, 0) is 37.6 Å². The smallest absolute Gasteiger partial charge is 0.146 e. The molecule has 0 atom stereocenters. The number of thiocarbonyl (C=S) groups is 1. The molecule has 0 radical (unpaired) electrons. The fraction of sp³-hybridized carbons (Fsp3) is 0.143. The van der Waals surface area contributed by atoms with E-state index in [4.69, 9.17) is 18.0 Å². The molecule has 0 aliphatic heterocycles. The summed E-state index contributed by atoms with van der Waals surface area (Å²) in [7, 11) is 0. The number of halogens is 2. The Hall–Kier alpha value is -2.08. The van der Waals surface area contributed by atoms with E-state index >= 15 is 0 Å². The molecule has 0 aliphatic rings. The fourth-order valence-corrected chi connectivity index (χ4v) is 2.22. The summed E-state index contributed by atoms with van der Waals surface area (Å²) < 4.78 is 26.9. The van der Waals surface area contributed by atoms with Gasteiger partial charge in [0.05, 0.1) is 11.3 Å². The molecule has 0 amide bonds. The molecule has 3 N–H and O–H groups in total. The van der Waals surface area contributed by atoms with E-state index < -0.39 is 11.6 Å². The summed E-state index contributed by atoms with van der Waals surface area (Å²) in [6, 6.07) is 4.96. The van der Waals surface area contributed by atoms with E-state index in [-0.39, 0.29) is 10.7 Å². The molecule has 3 nitrogen and oxygen atoms in total. The maximum Gasteiger partial charge on any atom is 0.146 e. The van der Waals surface area contributed by atoms with Crippen molar-refractivity contribution >= 4 is 28.7 Å². The molecule has 2 aromatic rings. The van der Waals surface area contributed by atoms with E-state index in [9.17, 15) is 8.78 Å². The minimum absolute atomic E-state index is 0.0139. The molecule has 1 heterocycles. The average molecular weight is 293 g/mol. The largest absolute Gasteiger partial charge is 0.389 e. The van der Waals surface area contributed by atoms with Gasteiger partial charge < -0.3 is 11.1 Å². The minimum atomic E-state index is -0.582. The van der Waals surface area contributed by atoms with Gasteiger partial charge in [-0.25, -0.2) is 13.8 Å². The molecule has 0 bridgehead atoms. The number of nitrogens with two attached hydrogens (primary N) is 1. The van der Waals surface area contributed by atoms with Crippen LogP contribution < -0.4 is 11.1 Å². The summed E-state index contributed by atoms with van der Waals surface area (Å²) in [5, 5.41) is 2.75. The molecule has 1 aromatic heterocycles. The van der Waals surface area contributed by atoms with Crippen LogP contribution in [0.25, 0.3) is 0 Å². The lowest BCUT2D eigenvalue weighted by atomic mass is 10.1. The van der Waals surface area contributed by atoms with Gasteiger partial charge in [-0.15, -0.1) is 0 Å². The van der Waals surface area contributed by atoms with E-state index in [1.807, 2.05) is 13.0 Å². The number of benzene rings is 1. The van der Waals surface area contributed by atoms with Crippen molar-refractivity contribution in [1.29, 1.82) is 0 Å². The highest BCUT2D eigenvalue weighted by Gasteiger charge is 2.13. The second-order valence-electron chi connectivity index (χ2n) is 4.42. The van der Waals surface area contributed by atoms with Gasteiger partial charge in [-0.1, -0.05) is 12.2 Å². The van der Waals surface area contributed by atoms with Crippen LogP contribution >= 0.6 is 12.2 Å². The summed E-state index contributed by atoms with van der Waals surface area (Å²) in [4.78, 5) is 4.40. The van der Waals surface area contributed by atoms with Crippen LogP contribution in [-0.4, -0.2) is 9.97 Å². The summed E-state index contributed by atoms with van der Waals surface area (Å²) in [5.74, 6) is -0.809. The van der Waals surface area contributed by atoms with Crippen LogP contribution in [0.2, 0.25) is 0 Å². The predicted molar refractivity (Wildman–Crippen MR) is 79.2 cm³/mol. The number of nitrogens with one attached hydrogen (secondary N) is 1. The van der Waals surface area contributed by atoms with Crippen LogP contribution in [0.1, 0.15) is 16.8 Å². The van der Waals surface area contributed by atoms with Gasteiger partial charge in [0.15, 0.2) is 0 Å². The van der Waals surface area contributed by atoms with Gasteiger partial charge in [0.1, 0.15) is 22.4 Å². The van der Waals surface area contributed by atoms with Crippen LogP contribution in [0.4, 0.5) is 20.3 Å². The number of rotatable bonds is 3. The highest BCUT2D eigenvalue weighted by molar-refractivity contribution is 7.80. The van der Waals surface area contributed by atoms with Crippen LogP contribution in [0.15, 0.2) is 24.3 Å². The molecule has 6 heteroatoms. The minimum Gasteiger partial charge on any atom is -0.389 e. The molecule has 0 aliphatic carbocycles. The van der Waals surface area contributed by atoms with E-state index in [1.165, 1.54) is 0 Å². The maximum atomic E-state index is 13.7. The topological polar surface area (TPSA) is 50.9 Å². The van der Waals surface area contributed by atoms with Crippen molar-refractivity contribution < 1.29 is 8.78 Å². The van der Waals surface area contributed by atoms with Gasteiger partial charge in [0.25, 0.3) is 0 Å². The molecule has 0 saturated heterocycles. The van der Waals surface area contributed by atoms with Crippen LogP contribution in [0, 0.1) is 25.5 Å². The summed E-state index contributed by atoms with van der Waals surface area (Å²) in [6.07, 6.45) is 0. The molecule has 1 aromatic carbocycles. The molecule has 104 valence electrons. The SMILES string of the molecule is Cc1cc(C)c(C(N)=S)c(Nc2cc(F)ccc2F)n1. The zero-order chi connectivity index (χ0) is 14.9. The Morgan fingerprint density at radius 1 is 1.25 bits per heavy atom. The lowest BCUT2D eigenvalue weighted by molar-refractivity contribution is 0.603. The van der Waals surface area contributed by atoms with Crippen molar-refractivity contribution in [2.75, 3.05) is 5.32 Å². The van der Waals surface area contributed by atoms with Gasteiger partial charge in [-0.3, -0.25) is 0 Å². The van der Waals surface area contributed by atoms with Crippen molar-refractivity contribution in [3.05, 3.63) is 52.7 Å². The van der Waals surface area contributed by atoms with E-state index in [1.54, 1.807) is 6.92 Å². The Morgan fingerprint density at radius 3 is 2.60 bits per heavy atom. The lowest BCUT2D eigenvalue weighted by Gasteiger charge is -2.14. The molecule has 0 spiro atoms. The normalized spacial score (nSPS) is 10.4. The first-order chi connectivity index (χ1) is 9.38. The third-order valence-corrected chi connectivity index (χ3v) is 2.98. The van der Waals surface area contributed by atoms with E-state index in [2.05, 4.69) is 10.3 Å². The number of aromatic nitrogens is 1. The summed E-state index contributed by atoms with van der Waals surface area (Å²) in [6.45, 7) is 3.62. The Morgan fingerprint density at radius 2 is 1.95 bits per heavy atom. The Bertz CT molecular complexity index is 686. The molecule has 2 rings (SSSR count). The number of anilines is 2. The Labute approximate surface area is 120 Å². The Balaban J connectivity index is 2.53. The first kappa shape index (κ1) is 14.3. The third kappa shape index (κ3) is 2.91. The molecule has 20 heavy (non-hydrogen) atoms. The number of aryl methyl sites for hydroxylation is 2. The molecular weight excluding hydrogens is 280 g/mol. The van der Waals surface area contributed by atoms with Crippen LogP contribution in [0.3, 0.4) is 0 Å². The molecular formula is C14H13F2N3S. The molecule has 0 unspecified atom stereocenters. The van der Waals surface area contributed by atoms with Crippen molar-refractivity contribution in [2.45, 2.75) is 13.8 Å². The number of hydrogen-bond donors (Lipinski definition) is 2. The van der Waals surface area contributed by atoms with Gasteiger partial charge in [0, 0.05) is 11.8 Å². The monoisotopic (exact) mass is 293 g/mol. The quantitative estimate of drug-likeness (QED) is 0.852. The molecule has 0 saturated carbocycles. The average Bonchev–Trinajstić information content (AvgIpc) is 2.32. The zero-order valence-electron chi connectivity index (χ0n) is 11.0. The Kier molecular flexibility index (Phi) is 3.94. The second-order valence-corrected chi connectivity index (χ2v) is 4.86. The highest BCUT2D eigenvalue weighted by Crippen LogP contribution is 2.25.